The zero-order chi connectivity index (χ0) is 26.2. The van der Waals surface area contributed by atoms with Gasteiger partial charge >= 0.3 is 0 Å². The molecule has 1 aromatic heterocycles. The third-order valence-electron chi connectivity index (χ3n) is 7.08. The molecule has 2 saturated heterocycles. The molecule has 3 N–H and O–H groups in total. The van der Waals surface area contributed by atoms with Gasteiger partial charge in [-0.3, -0.25) is 4.79 Å². The molecule has 2 aromatic rings. The molecular formula is C27H37FN6O3. The highest BCUT2D eigenvalue weighted by Gasteiger charge is 2.38. The summed E-state index contributed by atoms with van der Waals surface area (Å²) in [5, 5.41) is 10.1. The number of hydrogen-bond donors (Lipinski definition) is 3. The number of likely N-dealkylation sites (tertiary alicyclic amines) is 1. The van der Waals surface area contributed by atoms with E-state index in [9.17, 15) is 9.18 Å². The van der Waals surface area contributed by atoms with Crippen molar-refractivity contribution >= 4 is 23.4 Å². The van der Waals surface area contributed by atoms with Gasteiger partial charge < -0.3 is 30.3 Å². The van der Waals surface area contributed by atoms with E-state index in [0.717, 1.165) is 45.2 Å². The predicted octanol–water partition coefficient (Wildman–Crippen LogP) is 4.23. The smallest absolute Gasteiger partial charge is 0.267 e. The molecule has 37 heavy (non-hydrogen) atoms. The van der Waals surface area contributed by atoms with Gasteiger partial charge in [0.25, 0.3) is 5.91 Å². The van der Waals surface area contributed by atoms with E-state index in [0.29, 0.717) is 17.2 Å². The molecule has 9 nitrogen and oxygen atoms in total. The predicted molar refractivity (Wildman–Crippen MR) is 140 cm³/mol. The number of nitrogens with zero attached hydrogens (tertiary/aromatic N) is 3. The largest absolute Gasteiger partial charge is 0.485 e. The van der Waals surface area contributed by atoms with Gasteiger partial charge in [0.2, 0.25) is 12.1 Å². The highest BCUT2D eigenvalue weighted by atomic mass is 19.1. The highest BCUT2D eigenvalue weighted by Crippen LogP contribution is 2.36. The lowest BCUT2D eigenvalue weighted by Crippen LogP contribution is -2.60. The molecule has 1 atom stereocenters. The second-order valence-electron chi connectivity index (χ2n) is 11.6. The number of fused-ring (bicyclic) bond motifs is 1. The van der Waals surface area contributed by atoms with Crippen LogP contribution in [0.2, 0.25) is 0 Å². The van der Waals surface area contributed by atoms with Crippen LogP contribution in [0.1, 0.15) is 59.8 Å². The maximum atomic E-state index is 14.6. The minimum Gasteiger partial charge on any atom is -0.485 e. The van der Waals surface area contributed by atoms with Crippen LogP contribution in [0, 0.1) is 5.82 Å². The number of benzene rings is 1. The molecular weight excluding hydrogens is 475 g/mol. The monoisotopic (exact) mass is 512 g/mol. The van der Waals surface area contributed by atoms with Crippen LogP contribution in [0.4, 0.5) is 21.8 Å². The molecule has 0 saturated carbocycles. The summed E-state index contributed by atoms with van der Waals surface area (Å²) in [4.78, 5) is 23.2. The van der Waals surface area contributed by atoms with Crippen molar-refractivity contribution in [1.82, 2.24) is 20.2 Å². The third kappa shape index (κ3) is 6.06. The summed E-state index contributed by atoms with van der Waals surface area (Å²) in [5.74, 6) is 0.982. The molecule has 0 bridgehead atoms. The van der Waals surface area contributed by atoms with Crippen molar-refractivity contribution in [3.8, 4) is 11.5 Å². The van der Waals surface area contributed by atoms with Crippen molar-refractivity contribution < 1.29 is 18.7 Å². The van der Waals surface area contributed by atoms with E-state index in [4.69, 9.17) is 9.47 Å². The zero-order valence-electron chi connectivity index (χ0n) is 22.1. The number of piperidine rings is 2. The Bertz CT molecular complexity index is 1130. The molecule has 1 unspecified atom stereocenters. The van der Waals surface area contributed by atoms with Crippen LogP contribution in [0.3, 0.4) is 0 Å². The van der Waals surface area contributed by atoms with Gasteiger partial charge in [-0.2, -0.15) is 4.98 Å². The van der Waals surface area contributed by atoms with E-state index in [1.807, 2.05) is 4.90 Å². The van der Waals surface area contributed by atoms with E-state index in [-0.39, 0.29) is 41.4 Å². The first-order valence-electron chi connectivity index (χ1n) is 13.1. The Morgan fingerprint density at radius 3 is 2.57 bits per heavy atom. The van der Waals surface area contributed by atoms with E-state index in [2.05, 4.69) is 53.6 Å². The normalized spacial score (nSPS) is 22.8. The lowest BCUT2D eigenvalue weighted by Gasteiger charge is -2.46. The fourth-order valence-corrected chi connectivity index (χ4v) is 5.86. The number of rotatable bonds is 5. The number of ether oxygens (including phenoxy) is 2. The minimum absolute atomic E-state index is 0.0205. The first-order chi connectivity index (χ1) is 17.6. The van der Waals surface area contributed by atoms with Crippen LogP contribution in [0.5, 0.6) is 11.5 Å². The molecule has 3 aliphatic heterocycles. The van der Waals surface area contributed by atoms with Crippen LogP contribution >= 0.6 is 0 Å². The fraction of sp³-hybridized carbons (Fsp3) is 0.593. The van der Waals surface area contributed by atoms with E-state index in [1.165, 1.54) is 6.20 Å². The summed E-state index contributed by atoms with van der Waals surface area (Å²) < 4.78 is 26.5. The standard InChI is InChI=1S/C27H37FN6O3/c1-26(2)13-18(14-27(3,4)33-26)30-23-19(28)15-29-25(32-23)31-17-8-9-20-21(12-17)36-16-22(37-20)24(35)34-10-6-5-7-11-34/h8-9,12,15,18,22,33H,5-7,10-11,13-14,16H2,1-4H3,(H2,29,30,31,32). The second-order valence-corrected chi connectivity index (χ2v) is 11.6. The van der Waals surface area contributed by atoms with Crippen molar-refractivity contribution in [3.05, 3.63) is 30.2 Å². The molecule has 2 fully saturated rings. The van der Waals surface area contributed by atoms with Crippen LogP contribution < -0.4 is 25.4 Å². The van der Waals surface area contributed by atoms with Gasteiger partial charge in [-0.05, 0) is 71.9 Å². The summed E-state index contributed by atoms with van der Waals surface area (Å²) in [7, 11) is 0. The van der Waals surface area contributed by atoms with E-state index in [1.54, 1.807) is 18.2 Å². The van der Waals surface area contributed by atoms with Gasteiger partial charge in [0.15, 0.2) is 23.1 Å². The highest BCUT2D eigenvalue weighted by molar-refractivity contribution is 5.82. The quantitative estimate of drug-likeness (QED) is 0.547. The first-order valence-corrected chi connectivity index (χ1v) is 13.1. The Hall–Kier alpha value is -3.14. The number of nitrogens with one attached hydrogen (secondary N) is 3. The van der Waals surface area contributed by atoms with Crippen molar-refractivity contribution in [3.63, 3.8) is 0 Å². The average Bonchev–Trinajstić information content (AvgIpc) is 2.84. The molecule has 1 aromatic carbocycles. The van der Waals surface area contributed by atoms with Crippen LogP contribution in [-0.2, 0) is 4.79 Å². The Morgan fingerprint density at radius 1 is 1.11 bits per heavy atom. The Labute approximate surface area is 217 Å². The van der Waals surface area contributed by atoms with Crippen LogP contribution in [-0.4, -0.2) is 63.7 Å². The van der Waals surface area contributed by atoms with Gasteiger partial charge in [0, 0.05) is 42.0 Å². The van der Waals surface area contributed by atoms with Gasteiger partial charge in [-0.25, -0.2) is 9.37 Å². The van der Waals surface area contributed by atoms with Gasteiger partial charge in [-0.15, -0.1) is 0 Å². The third-order valence-corrected chi connectivity index (χ3v) is 7.08. The molecule has 0 radical (unpaired) electrons. The number of anilines is 3. The van der Waals surface area contributed by atoms with Crippen molar-refractivity contribution in [2.24, 2.45) is 0 Å². The number of hydrogen-bond acceptors (Lipinski definition) is 8. The number of aromatic nitrogens is 2. The summed E-state index contributed by atoms with van der Waals surface area (Å²) in [5.41, 5.74) is 0.518. The van der Waals surface area contributed by atoms with E-state index >= 15 is 0 Å². The van der Waals surface area contributed by atoms with Gasteiger partial charge in [-0.1, -0.05) is 0 Å². The maximum absolute atomic E-state index is 14.6. The molecule has 4 heterocycles. The lowest BCUT2D eigenvalue weighted by atomic mass is 9.79. The van der Waals surface area contributed by atoms with Gasteiger partial charge in [0.1, 0.15) is 6.61 Å². The molecule has 1 amide bonds. The second kappa shape index (κ2) is 9.96. The first kappa shape index (κ1) is 25.5. The SMILES string of the molecule is CC1(C)CC(Nc2nc(Nc3ccc4c(c3)OCC(C(=O)N3CCCCC3)O4)ncc2F)CC(C)(C)N1. The van der Waals surface area contributed by atoms with Gasteiger partial charge in [0.05, 0.1) is 6.20 Å². The minimum atomic E-state index is -0.636. The number of halogens is 1. The molecule has 10 heteroatoms. The summed E-state index contributed by atoms with van der Waals surface area (Å²) >= 11 is 0. The summed E-state index contributed by atoms with van der Waals surface area (Å²) in [6, 6.07) is 5.40. The zero-order valence-corrected chi connectivity index (χ0v) is 22.1. The molecule has 0 spiro atoms. The molecule has 0 aliphatic carbocycles. The van der Waals surface area contributed by atoms with E-state index < -0.39 is 11.9 Å². The summed E-state index contributed by atoms with van der Waals surface area (Å²) in [6.45, 7) is 10.3. The average molecular weight is 513 g/mol. The molecule has 5 rings (SSSR count). The number of amides is 1. The Balaban J connectivity index is 1.25. The fourth-order valence-electron chi connectivity index (χ4n) is 5.86. The number of carbonyl (C=O) groups excluding carboxylic acids is 1. The lowest BCUT2D eigenvalue weighted by molar-refractivity contribution is -0.142. The molecule has 200 valence electrons. The van der Waals surface area contributed by atoms with Crippen LogP contribution in [0.15, 0.2) is 24.4 Å². The van der Waals surface area contributed by atoms with Crippen molar-refractivity contribution in [2.45, 2.75) is 83.0 Å². The maximum Gasteiger partial charge on any atom is 0.267 e. The summed E-state index contributed by atoms with van der Waals surface area (Å²) in [6.07, 6.45) is 5.43. The number of carbonyl (C=O) groups is 1. The topological polar surface area (TPSA) is 101 Å². The Morgan fingerprint density at radius 2 is 1.84 bits per heavy atom. The van der Waals surface area contributed by atoms with Crippen LogP contribution in [0.25, 0.3) is 0 Å². The Kier molecular flexibility index (Phi) is 6.87. The van der Waals surface area contributed by atoms with Crippen molar-refractivity contribution in [1.29, 1.82) is 0 Å². The molecule has 3 aliphatic rings. The van der Waals surface area contributed by atoms with Crippen molar-refractivity contribution in [2.75, 3.05) is 30.3 Å².